The molecule has 134 valence electrons. The highest BCUT2D eigenvalue weighted by molar-refractivity contribution is 5.94. The summed E-state index contributed by atoms with van der Waals surface area (Å²) in [6, 6.07) is 18.0. The zero-order chi connectivity index (χ0) is 17.1. The molecule has 0 saturated carbocycles. The first-order valence-corrected chi connectivity index (χ1v) is 8.46. The van der Waals surface area contributed by atoms with Crippen molar-refractivity contribution in [3.05, 3.63) is 65.7 Å². The molecular weight excluding hydrogens is 334 g/mol. The lowest BCUT2D eigenvalue weighted by molar-refractivity contribution is -0.120. The summed E-state index contributed by atoms with van der Waals surface area (Å²) in [6.45, 7) is 5.52. The molecule has 1 amide bonds. The first-order chi connectivity index (χ1) is 11.5. The smallest absolute Gasteiger partial charge is 0.241 e. The van der Waals surface area contributed by atoms with Crippen molar-refractivity contribution in [3.8, 4) is 0 Å². The molecule has 4 nitrogen and oxygen atoms in total. The van der Waals surface area contributed by atoms with Gasteiger partial charge >= 0.3 is 0 Å². The third-order valence-corrected chi connectivity index (χ3v) is 4.83. The molecule has 0 aliphatic carbocycles. The number of amides is 1. The molecule has 1 saturated heterocycles. The van der Waals surface area contributed by atoms with Gasteiger partial charge in [0, 0.05) is 30.7 Å². The highest BCUT2D eigenvalue weighted by atomic mass is 35.5. The minimum atomic E-state index is -0.203. The lowest BCUT2D eigenvalue weighted by Crippen LogP contribution is -2.41. The number of carbonyl (C=O) groups excluding carboxylic acids is 1. The number of aryl methyl sites for hydroxylation is 1. The quantitative estimate of drug-likeness (QED) is 0.881. The van der Waals surface area contributed by atoms with Gasteiger partial charge in [-0.25, -0.2) is 0 Å². The molecule has 3 rings (SSSR count). The van der Waals surface area contributed by atoms with E-state index in [-0.39, 0.29) is 36.3 Å². The summed E-state index contributed by atoms with van der Waals surface area (Å²) < 4.78 is 0. The topological polar surface area (TPSA) is 58.4 Å². The fourth-order valence-electron chi connectivity index (χ4n) is 3.37. The van der Waals surface area contributed by atoms with Crippen LogP contribution < -0.4 is 11.1 Å². The third-order valence-electron chi connectivity index (χ3n) is 4.83. The van der Waals surface area contributed by atoms with Gasteiger partial charge in [-0.3, -0.25) is 9.69 Å². The normalized spacial score (nSPS) is 21.4. The maximum absolute atomic E-state index is 12.6. The Kier molecular flexibility index (Phi) is 6.59. The average molecular weight is 360 g/mol. The summed E-state index contributed by atoms with van der Waals surface area (Å²) in [4.78, 5) is 14.7. The number of anilines is 1. The number of hydrogen-bond donors (Lipinski definition) is 2. The lowest BCUT2D eigenvalue weighted by atomic mass is 9.95. The Morgan fingerprint density at radius 2 is 1.88 bits per heavy atom. The number of nitrogens with two attached hydrogens (primary N) is 1. The molecule has 1 heterocycles. The molecule has 25 heavy (non-hydrogen) atoms. The molecule has 1 aliphatic rings. The highest BCUT2D eigenvalue weighted by Crippen LogP contribution is 2.27. The number of hydrogen-bond acceptors (Lipinski definition) is 3. The number of nitrogens with zero attached hydrogens (tertiary/aromatic N) is 1. The first-order valence-electron chi connectivity index (χ1n) is 8.46. The van der Waals surface area contributed by atoms with Gasteiger partial charge in [-0.15, -0.1) is 12.4 Å². The summed E-state index contributed by atoms with van der Waals surface area (Å²) in [5.74, 6) is 0.293. The molecule has 5 heteroatoms. The van der Waals surface area contributed by atoms with Gasteiger partial charge in [0.25, 0.3) is 0 Å². The van der Waals surface area contributed by atoms with Crippen LogP contribution in [0.5, 0.6) is 0 Å². The zero-order valence-electron chi connectivity index (χ0n) is 14.7. The van der Waals surface area contributed by atoms with E-state index in [1.54, 1.807) is 0 Å². The van der Waals surface area contributed by atoms with Crippen LogP contribution in [0, 0.1) is 6.92 Å². The van der Waals surface area contributed by atoms with Crippen LogP contribution in [0.2, 0.25) is 0 Å². The third kappa shape index (κ3) is 4.60. The molecule has 3 atom stereocenters. The maximum Gasteiger partial charge on any atom is 0.241 e. The van der Waals surface area contributed by atoms with Crippen molar-refractivity contribution in [1.29, 1.82) is 0 Å². The molecule has 2 aromatic rings. The Bertz CT molecular complexity index is 707. The molecule has 0 bridgehead atoms. The van der Waals surface area contributed by atoms with Crippen molar-refractivity contribution < 1.29 is 4.79 Å². The van der Waals surface area contributed by atoms with E-state index in [2.05, 4.69) is 22.3 Å². The summed E-state index contributed by atoms with van der Waals surface area (Å²) >= 11 is 0. The molecule has 0 spiro atoms. The second-order valence-corrected chi connectivity index (χ2v) is 6.67. The zero-order valence-corrected chi connectivity index (χ0v) is 15.5. The second-order valence-electron chi connectivity index (χ2n) is 6.67. The fraction of sp³-hybridized carbons (Fsp3) is 0.350. The second kappa shape index (κ2) is 8.48. The van der Waals surface area contributed by atoms with Gasteiger partial charge in [-0.1, -0.05) is 42.5 Å². The van der Waals surface area contributed by atoms with E-state index in [4.69, 9.17) is 5.73 Å². The standard InChI is InChI=1S/C20H25N3O.ClH/c1-14-7-6-10-17(11-14)22-20(24)15(2)23-12-18(19(21)13-23)16-8-4-3-5-9-16;/h3-11,15,18-19H,12-13,21H2,1-2H3,(H,22,24);1H/t15?,18-,19+;/m0./s1. The van der Waals surface area contributed by atoms with Gasteiger partial charge in [-0.05, 0) is 37.1 Å². The number of rotatable bonds is 4. The Balaban J connectivity index is 0.00000225. The first kappa shape index (κ1) is 19.4. The number of halogens is 1. The molecule has 1 fully saturated rings. The van der Waals surface area contributed by atoms with Crippen molar-refractivity contribution in [1.82, 2.24) is 4.90 Å². The lowest BCUT2D eigenvalue weighted by Gasteiger charge is -2.23. The van der Waals surface area contributed by atoms with E-state index in [1.165, 1.54) is 5.56 Å². The van der Waals surface area contributed by atoms with Crippen molar-refractivity contribution in [3.63, 3.8) is 0 Å². The number of nitrogens with one attached hydrogen (secondary N) is 1. The van der Waals surface area contributed by atoms with Crippen LogP contribution in [0.15, 0.2) is 54.6 Å². The van der Waals surface area contributed by atoms with Crippen molar-refractivity contribution >= 4 is 24.0 Å². The van der Waals surface area contributed by atoms with E-state index >= 15 is 0 Å². The number of benzene rings is 2. The van der Waals surface area contributed by atoms with E-state index in [9.17, 15) is 4.79 Å². The maximum atomic E-state index is 12.6. The summed E-state index contributed by atoms with van der Waals surface area (Å²) in [5, 5.41) is 3.01. The van der Waals surface area contributed by atoms with E-state index < -0.39 is 0 Å². The van der Waals surface area contributed by atoms with Crippen LogP contribution in [0.3, 0.4) is 0 Å². The predicted molar refractivity (Wildman–Crippen MR) is 105 cm³/mol. The van der Waals surface area contributed by atoms with E-state index in [1.807, 2.05) is 56.3 Å². The SMILES string of the molecule is Cc1cccc(NC(=O)C(C)N2C[C@@H](N)[C@H](c3ccccc3)C2)c1.Cl. The van der Waals surface area contributed by atoms with Gasteiger partial charge in [-0.2, -0.15) is 0 Å². The van der Waals surface area contributed by atoms with Crippen LogP contribution in [0.1, 0.15) is 24.0 Å². The molecular formula is C20H26ClN3O. The Hall–Kier alpha value is -1.88. The number of carbonyl (C=O) groups is 1. The van der Waals surface area contributed by atoms with Crippen molar-refractivity contribution in [2.75, 3.05) is 18.4 Å². The van der Waals surface area contributed by atoms with Crippen LogP contribution >= 0.6 is 12.4 Å². The largest absolute Gasteiger partial charge is 0.326 e. The van der Waals surface area contributed by atoms with Gasteiger partial charge in [0.2, 0.25) is 5.91 Å². The van der Waals surface area contributed by atoms with Gasteiger partial charge in [0.1, 0.15) is 0 Å². The van der Waals surface area contributed by atoms with Gasteiger partial charge < -0.3 is 11.1 Å². The number of likely N-dealkylation sites (tertiary alicyclic amines) is 1. The van der Waals surface area contributed by atoms with Crippen molar-refractivity contribution in [2.24, 2.45) is 5.73 Å². The molecule has 2 aromatic carbocycles. The minimum absolute atomic E-state index is 0. The van der Waals surface area contributed by atoms with Crippen LogP contribution in [-0.4, -0.2) is 36.0 Å². The highest BCUT2D eigenvalue weighted by Gasteiger charge is 2.35. The Morgan fingerprint density at radius 1 is 1.16 bits per heavy atom. The van der Waals surface area contributed by atoms with E-state index in [0.717, 1.165) is 24.3 Å². The van der Waals surface area contributed by atoms with Gasteiger partial charge in [0.05, 0.1) is 6.04 Å². The van der Waals surface area contributed by atoms with Crippen LogP contribution in [-0.2, 0) is 4.79 Å². The predicted octanol–water partition coefficient (Wildman–Crippen LogP) is 3.17. The molecule has 1 aliphatic heterocycles. The molecule has 3 N–H and O–H groups in total. The summed E-state index contributed by atoms with van der Waals surface area (Å²) in [6.07, 6.45) is 0. The average Bonchev–Trinajstić information content (AvgIpc) is 2.96. The molecule has 0 aromatic heterocycles. The van der Waals surface area contributed by atoms with Crippen molar-refractivity contribution in [2.45, 2.75) is 31.8 Å². The monoisotopic (exact) mass is 359 g/mol. The fourth-order valence-corrected chi connectivity index (χ4v) is 3.37. The van der Waals surface area contributed by atoms with E-state index in [0.29, 0.717) is 0 Å². The Morgan fingerprint density at radius 3 is 2.56 bits per heavy atom. The minimum Gasteiger partial charge on any atom is -0.326 e. The summed E-state index contributed by atoms with van der Waals surface area (Å²) in [7, 11) is 0. The van der Waals surface area contributed by atoms with Crippen LogP contribution in [0.4, 0.5) is 5.69 Å². The molecule has 0 radical (unpaired) electrons. The molecule has 1 unspecified atom stereocenters. The Labute approximate surface area is 155 Å². The summed E-state index contributed by atoms with van der Waals surface area (Å²) in [5.41, 5.74) is 9.56. The van der Waals surface area contributed by atoms with Crippen LogP contribution in [0.25, 0.3) is 0 Å². The van der Waals surface area contributed by atoms with Gasteiger partial charge in [0.15, 0.2) is 0 Å².